The molecule has 7 nitrogen and oxygen atoms in total. The highest BCUT2D eigenvalue weighted by molar-refractivity contribution is 6.36. The first-order valence-corrected chi connectivity index (χ1v) is 14.5. The van der Waals surface area contributed by atoms with E-state index in [9.17, 15) is 9.18 Å². The van der Waals surface area contributed by atoms with Crippen LogP contribution in [0.4, 0.5) is 15.0 Å². The van der Waals surface area contributed by atoms with E-state index in [0.29, 0.717) is 29.4 Å². The number of piperidine rings is 1. The van der Waals surface area contributed by atoms with Gasteiger partial charge in [-0.1, -0.05) is 35.3 Å². The lowest BCUT2D eigenvalue weighted by atomic mass is 9.83. The summed E-state index contributed by atoms with van der Waals surface area (Å²) < 4.78 is 32.4. The van der Waals surface area contributed by atoms with E-state index < -0.39 is 17.5 Å². The number of carbonyl (C=O) groups is 1. The first-order chi connectivity index (χ1) is 19.3. The van der Waals surface area contributed by atoms with Crippen LogP contribution < -0.4 is 15.2 Å². The fraction of sp³-hybridized carbons (Fsp3) is 0.419. The van der Waals surface area contributed by atoms with Gasteiger partial charge in [0.25, 0.3) is 0 Å². The Labute approximate surface area is 249 Å². The van der Waals surface area contributed by atoms with Crippen LogP contribution in [-0.2, 0) is 11.2 Å². The summed E-state index contributed by atoms with van der Waals surface area (Å²) in [7, 11) is 0. The van der Waals surface area contributed by atoms with Gasteiger partial charge >= 0.3 is 6.09 Å². The number of likely N-dealkylation sites (tertiary alicyclic amines) is 1. The third-order valence-corrected chi connectivity index (χ3v) is 8.29. The third kappa shape index (κ3) is 6.33. The number of fused-ring (bicyclic) bond motifs is 1. The lowest BCUT2D eigenvalue weighted by Crippen LogP contribution is -2.52. The van der Waals surface area contributed by atoms with E-state index in [1.54, 1.807) is 24.1 Å². The molecule has 10 heteroatoms. The fourth-order valence-electron chi connectivity index (χ4n) is 5.33. The molecule has 41 heavy (non-hydrogen) atoms. The fourth-order valence-corrected chi connectivity index (χ4v) is 6.01. The van der Waals surface area contributed by atoms with Crippen LogP contribution in [0.25, 0.3) is 11.1 Å². The van der Waals surface area contributed by atoms with E-state index in [1.807, 2.05) is 32.9 Å². The minimum atomic E-state index is -0.677. The summed E-state index contributed by atoms with van der Waals surface area (Å²) in [5, 5.41) is 0.203. The van der Waals surface area contributed by atoms with Crippen LogP contribution in [-0.4, -0.2) is 40.3 Å². The number of anilines is 1. The number of hydrogen-bond acceptors (Lipinski definition) is 6. The largest absolute Gasteiger partial charge is 0.487 e. The Morgan fingerprint density at radius 1 is 1.12 bits per heavy atom. The maximum Gasteiger partial charge on any atom is 0.410 e. The van der Waals surface area contributed by atoms with Gasteiger partial charge in [0.2, 0.25) is 0 Å². The smallest absolute Gasteiger partial charge is 0.410 e. The highest BCUT2D eigenvalue weighted by Crippen LogP contribution is 2.42. The van der Waals surface area contributed by atoms with Crippen molar-refractivity contribution in [3.05, 3.63) is 69.6 Å². The van der Waals surface area contributed by atoms with Gasteiger partial charge in [0.1, 0.15) is 28.9 Å². The zero-order chi connectivity index (χ0) is 29.5. The molecular formula is C31H34Cl2FN3O4. The molecule has 0 radical (unpaired) electrons. The molecule has 2 N–H and O–H groups in total. The Morgan fingerprint density at radius 2 is 1.85 bits per heavy atom. The summed E-state index contributed by atoms with van der Waals surface area (Å²) in [6.45, 7) is 8.51. The van der Waals surface area contributed by atoms with Crippen LogP contribution in [0.3, 0.4) is 0 Å². The standard InChI is InChI=1S/C31H34Cl2FN3O4/c1-18(26-22(32)7-8-23(34)27(26)33)39-25-16-21(17-36-28(25)35)20-6-5-19-9-10-31(40-24(19)15-20)11-13-37(14-12-31)29(38)41-30(2,3)4/h5-8,15-18H,9-14H2,1-4H3,(H2,35,36)/t18-/m1/s1. The molecule has 0 bridgehead atoms. The van der Waals surface area contributed by atoms with Gasteiger partial charge in [-0.05, 0) is 75.9 Å². The van der Waals surface area contributed by atoms with Crippen LogP contribution >= 0.6 is 23.2 Å². The molecule has 1 atom stereocenters. The summed E-state index contributed by atoms with van der Waals surface area (Å²) in [5.41, 5.74) is 8.43. The van der Waals surface area contributed by atoms with Crippen molar-refractivity contribution in [1.29, 1.82) is 0 Å². The number of halogens is 3. The Morgan fingerprint density at radius 3 is 2.56 bits per heavy atom. The molecule has 1 amide bonds. The molecule has 0 unspecified atom stereocenters. The number of aromatic nitrogens is 1. The van der Waals surface area contributed by atoms with Crippen molar-refractivity contribution >= 4 is 35.1 Å². The molecule has 0 aliphatic carbocycles. The zero-order valence-electron chi connectivity index (χ0n) is 23.6. The quantitative estimate of drug-likeness (QED) is 0.305. The molecule has 1 fully saturated rings. The van der Waals surface area contributed by atoms with Crippen LogP contribution in [0.5, 0.6) is 11.5 Å². The second-order valence-electron chi connectivity index (χ2n) is 11.7. The number of nitrogen functional groups attached to an aromatic ring is 1. The SMILES string of the molecule is C[C@@H](Oc1cc(-c2ccc3c(c2)OC2(CC3)CCN(C(=O)OC(C)(C)C)CC2)cnc1N)c1c(Cl)ccc(F)c1Cl. The van der Waals surface area contributed by atoms with Crippen molar-refractivity contribution in [1.82, 2.24) is 9.88 Å². The van der Waals surface area contributed by atoms with Crippen LogP contribution in [0.2, 0.25) is 10.0 Å². The minimum absolute atomic E-state index is 0.0922. The molecular weight excluding hydrogens is 568 g/mol. The average molecular weight is 603 g/mol. The number of carbonyl (C=O) groups excluding carboxylic acids is 1. The maximum atomic E-state index is 14.1. The van der Waals surface area contributed by atoms with E-state index in [4.69, 9.17) is 43.1 Å². The summed E-state index contributed by atoms with van der Waals surface area (Å²) >= 11 is 12.5. The number of benzene rings is 2. The van der Waals surface area contributed by atoms with Crippen LogP contribution in [0.1, 0.15) is 64.2 Å². The molecule has 2 aliphatic rings. The molecule has 0 saturated carbocycles. The number of aryl methyl sites for hydroxylation is 1. The predicted octanol–water partition coefficient (Wildman–Crippen LogP) is 8.01. The van der Waals surface area contributed by atoms with Gasteiger partial charge in [-0.2, -0.15) is 0 Å². The Balaban J connectivity index is 1.33. The molecule has 1 spiro atoms. The highest BCUT2D eigenvalue weighted by Gasteiger charge is 2.41. The highest BCUT2D eigenvalue weighted by atomic mass is 35.5. The number of nitrogens with two attached hydrogens (primary N) is 1. The Kier molecular flexibility index (Phi) is 8.01. The monoisotopic (exact) mass is 601 g/mol. The Hall–Kier alpha value is -3.23. The Bertz CT molecular complexity index is 1470. The van der Waals surface area contributed by atoms with Gasteiger partial charge in [-0.25, -0.2) is 14.2 Å². The van der Waals surface area contributed by atoms with Crippen LogP contribution in [0, 0.1) is 5.82 Å². The molecule has 218 valence electrons. The number of nitrogens with zero attached hydrogens (tertiary/aromatic N) is 2. The molecule has 2 aromatic carbocycles. The molecule has 3 heterocycles. The summed E-state index contributed by atoms with van der Waals surface area (Å²) in [4.78, 5) is 18.6. The predicted molar refractivity (Wildman–Crippen MR) is 158 cm³/mol. The minimum Gasteiger partial charge on any atom is -0.487 e. The third-order valence-electron chi connectivity index (χ3n) is 7.57. The van der Waals surface area contributed by atoms with Crippen molar-refractivity contribution in [2.24, 2.45) is 0 Å². The van der Waals surface area contributed by atoms with E-state index >= 15 is 0 Å². The zero-order valence-corrected chi connectivity index (χ0v) is 25.1. The van der Waals surface area contributed by atoms with Gasteiger partial charge < -0.3 is 24.8 Å². The lowest BCUT2D eigenvalue weighted by molar-refractivity contribution is -0.0272. The molecule has 1 saturated heterocycles. The van der Waals surface area contributed by atoms with Crippen molar-refractivity contribution in [3.8, 4) is 22.6 Å². The first kappa shape index (κ1) is 29.3. The summed E-state index contributed by atoms with van der Waals surface area (Å²) in [6.07, 6.45) is 3.98. The van der Waals surface area contributed by atoms with Crippen molar-refractivity contribution < 1.29 is 23.4 Å². The second-order valence-corrected chi connectivity index (χ2v) is 12.5. The second kappa shape index (κ2) is 11.2. The number of rotatable bonds is 4. The van der Waals surface area contributed by atoms with E-state index in [0.717, 1.165) is 48.1 Å². The maximum absolute atomic E-state index is 14.1. The van der Waals surface area contributed by atoms with Gasteiger partial charge in [0.15, 0.2) is 11.6 Å². The normalized spacial score (nSPS) is 17.0. The topological polar surface area (TPSA) is 86.9 Å². The number of ether oxygens (including phenoxy) is 3. The van der Waals surface area contributed by atoms with E-state index in [-0.39, 0.29) is 22.5 Å². The number of pyridine rings is 1. The van der Waals surface area contributed by atoms with Crippen LogP contribution in [0.15, 0.2) is 42.6 Å². The first-order valence-electron chi connectivity index (χ1n) is 13.7. The van der Waals surface area contributed by atoms with Gasteiger partial charge in [-0.3, -0.25) is 0 Å². The van der Waals surface area contributed by atoms with Gasteiger partial charge in [-0.15, -0.1) is 0 Å². The average Bonchev–Trinajstić information content (AvgIpc) is 2.91. The molecule has 1 aromatic heterocycles. The molecule has 5 rings (SSSR count). The van der Waals surface area contributed by atoms with Crippen molar-refractivity contribution in [2.75, 3.05) is 18.8 Å². The number of hydrogen-bond donors (Lipinski definition) is 1. The summed E-state index contributed by atoms with van der Waals surface area (Å²) in [6, 6.07) is 10.5. The van der Waals surface area contributed by atoms with Gasteiger partial charge in [0.05, 0.1) is 5.02 Å². The summed E-state index contributed by atoms with van der Waals surface area (Å²) in [5.74, 6) is 0.763. The van der Waals surface area contributed by atoms with Crippen molar-refractivity contribution in [3.63, 3.8) is 0 Å². The van der Waals surface area contributed by atoms with E-state index in [1.165, 1.54) is 12.1 Å². The van der Waals surface area contributed by atoms with E-state index in [2.05, 4.69) is 11.1 Å². The van der Waals surface area contributed by atoms with Crippen molar-refractivity contribution in [2.45, 2.75) is 70.7 Å². The van der Waals surface area contributed by atoms with Gasteiger partial charge in [0, 0.05) is 48.3 Å². The number of amides is 1. The molecule has 2 aliphatic heterocycles. The molecule has 3 aromatic rings. The lowest BCUT2D eigenvalue weighted by Gasteiger charge is -2.44.